The first-order chi connectivity index (χ1) is 8.59. The van der Waals surface area contributed by atoms with Gasteiger partial charge in [0.15, 0.2) is 9.84 Å². The van der Waals surface area contributed by atoms with Crippen molar-refractivity contribution in [1.29, 1.82) is 0 Å². The lowest BCUT2D eigenvalue weighted by atomic mass is 9.96. The molecule has 0 fully saturated rings. The maximum absolute atomic E-state index is 13.2. The monoisotopic (exact) mass is 351 g/mol. The molecule has 0 amide bonds. The van der Waals surface area contributed by atoms with Crippen molar-refractivity contribution in [3.8, 4) is 0 Å². The Labute approximate surface area is 122 Å². The van der Waals surface area contributed by atoms with Crippen molar-refractivity contribution in [2.24, 2.45) is 0 Å². The van der Waals surface area contributed by atoms with Crippen molar-refractivity contribution in [3.05, 3.63) is 34.1 Å². The van der Waals surface area contributed by atoms with Crippen LogP contribution in [0, 0.1) is 5.82 Å². The third-order valence-electron chi connectivity index (χ3n) is 3.57. The highest BCUT2D eigenvalue weighted by Gasteiger charge is 2.38. The van der Waals surface area contributed by atoms with Crippen LogP contribution in [-0.4, -0.2) is 32.5 Å². The van der Waals surface area contributed by atoms with Gasteiger partial charge in [-0.1, -0.05) is 6.07 Å². The van der Waals surface area contributed by atoms with E-state index in [0.29, 0.717) is 10.9 Å². The molecule has 19 heavy (non-hydrogen) atoms. The minimum atomic E-state index is -3.20. The molecule has 0 aromatic heterocycles. The van der Waals surface area contributed by atoms with Crippen LogP contribution in [-0.2, 0) is 16.3 Å². The molecule has 0 aliphatic carbocycles. The summed E-state index contributed by atoms with van der Waals surface area (Å²) in [7, 11) is -1.47. The summed E-state index contributed by atoms with van der Waals surface area (Å²) < 4.78 is 36.4. The van der Waals surface area contributed by atoms with Crippen LogP contribution in [0.15, 0.2) is 22.7 Å². The van der Waals surface area contributed by atoms with Crippen LogP contribution in [0.1, 0.15) is 19.4 Å². The SMILES string of the molecule is CNC(Cc1ccc(F)c(Br)c1)C(C)(C)S(C)(=O)=O. The van der Waals surface area contributed by atoms with Crippen LogP contribution in [0.25, 0.3) is 0 Å². The Morgan fingerprint density at radius 3 is 2.42 bits per heavy atom. The summed E-state index contributed by atoms with van der Waals surface area (Å²) in [5.41, 5.74) is 0.879. The molecule has 3 nitrogen and oxygen atoms in total. The van der Waals surface area contributed by atoms with Gasteiger partial charge in [0.1, 0.15) is 5.82 Å². The number of rotatable bonds is 5. The van der Waals surface area contributed by atoms with E-state index in [2.05, 4.69) is 21.2 Å². The van der Waals surface area contributed by atoms with E-state index in [1.54, 1.807) is 33.0 Å². The maximum atomic E-state index is 13.2. The molecule has 0 heterocycles. The van der Waals surface area contributed by atoms with E-state index in [9.17, 15) is 12.8 Å². The molecule has 0 saturated heterocycles. The second-order valence-corrected chi connectivity index (χ2v) is 8.62. The van der Waals surface area contributed by atoms with Crippen molar-refractivity contribution >= 4 is 25.8 Å². The van der Waals surface area contributed by atoms with E-state index < -0.39 is 14.6 Å². The molecule has 1 atom stereocenters. The van der Waals surface area contributed by atoms with Crippen LogP contribution in [0.3, 0.4) is 0 Å². The van der Waals surface area contributed by atoms with Crippen molar-refractivity contribution in [3.63, 3.8) is 0 Å². The Kier molecular flexibility index (Phi) is 5.15. The molecule has 1 N–H and O–H groups in total. The van der Waals surface area contributed by atoms with Gasteiger partial charge in [-0.25, -0.2) is 12.8 Å². The third-order valence-corrected chi connectivity index (χ3v) is 6.37. The van der Waals surface area contributed by atoms with Crippen molar-refractivity contribution in [2.45, 2.75) is 31.1 Å². The van der Waals surface area contributed by atoms with Crippen LogP contribution >= 0.6 is 15.9 Å². The van der Waals surface area contributed by atoms with Crippen LogP contribution in [0.2, 0.25) is 0 Å². The number of hydrogen-bond acceptors (Lipinski definition) is 3. The molecule has 1 aromatic carbocycles. The van der Waals surface area contributed by atoms with E-state index in [1.165, 1.54) is 12.3 Å². The zero-order valence-electron chi connectivity index (χ0n) is 11.5. The van der Waals surface area contributed by atoms with Crippen molar-refractivity contribution < 1.29 is 12.8 Å². The highest BCUT2D eigenvalue weighted by molar-refractivity contribution is 9.10. The van der Waals surface area contributed by atoms with Gasteiger partial charge in [-0.3, -0.25) is 0 Å². The lowest BCUT2D eigenvalue weighted by Crippen LogP contribution is -2.51. The van der Waals surface area contributed by atoms with Gasteiger partial charge in [0.2, 0.25) is 0 Å². The normalized spacial score (nSPS) is 14.4. The lowest BCUT2D eigenvalue weighted by Gasteiger charge is -2.32. The molecular weight excluding hydrogens is 333 g/mol. The molecule has 0 saturated carbocycles. The van der Waals surface area contributed by atoms with Crippen molar-refractivity contribution in [2.75, 3.05) is 13.3 Å². The highest BCUT2D eigenvalue weighted by Crippen LogP contribution is 2.24. The Bertz CT molecular complexity index is 558. The van der Waals surface area contributed by atoms with Crippen LogP contribution in [0.4, 0.5) is 4.39 Å². The number of benzene rings is 1. The Morgan fingerprint density at radius 2 is 2.00 bits per heavy atom. The van der Waals surface area contributed by atoms with E-state index >= 15 is 0 Å². The number of halogens is 2. The number of hydrogen-bond donors (Lipinski definition) is 1. The minimum Gasteiger partial charge on any atom is -0.315 e. The zero-order valence-corrected chi connectivity index (χ0v) is 13.9. The Morgan fingerprint density at radius 1 is 1.42 bits per heavy atom. The van der Waals surface area contributed by atoms with Gasteiger partial charge >= 0.3 is 0 Å². The predicted octanol–water partition coefficient (Wildman–Crippen LogP) is 2.54. The average Bonchev–Trinajstić information content (AvgIpc) is 2.28. The molecule has 0 aliphatic rings. The molecule has 0 aliphatic heterocycles. The summed E-state index contributed by atoms with van der Waals surface area (Å²) in [6, 6.07) is 4.47. The van der Waals surface area contributed by atoms with Gasteiger partial charge in [0, 0.05) is 12.3 Å². The maximum Gasteiger partial charge on any atom is 0.154 e. The molecule has 108 valence electrons. The van der Waals surface area contributed by atoms with Gasteiger partial charge in [0.05, 0.1) is 9.22 Å². The molecule has 0 bridgehead atoms. The number of nitrogens with one attached hydrogen (secondary N) is 1. The second-order valence-electron chi connectivity index (χ2n) is 5.17. The smallest absolute Gasteiger partial charge is 0.154 e. The van der Waals surface area contributed by atoms with Gasteiger partial charge in [-0.15, -0.1) is 0 Å². The highest BCUT2D eigenvalue weighted by atomic mass is 79.9. The molecule has 6 heteroatoms. The first kappa shape index (κ1) is 16.6. The summed E-state index contributed by atoms with van der Waals surface area (Å²) in [6.45, 7) is 3.39. The van der Waals surface area contributed by atoms with Crippen molar-refractivity contribution in [1.82, 2.24) is 5.32 Å². The molecular formula is C13H19BrFNO2S. The summed E-state index contributed by atoms with van der Waals surface area (Å²) in [5.74, 6) is -0.327. The second kappa shape index (κ2) is 5.89. The Balaban J connectivity index is 3.03. The first-order valence-electron chi connectivity index (χ1n) is 5.90. The van der Waals surface area contributed by atoms with Gasteiger partial charge in [-0.2, -0.15) is 0 Å². The van der Waals surface area contributed by atoms with Gasteiger partial charge in [-0.05, 0) is 60.9 Å². The van der Waals surface area contributed by atoms with E-state index in [1.807, 2.05) is 0 Å². The standard InChI is InChI=1S/C13H19BrFNO2S/c1-13(2,19(4,17)18)12(16-3)8-9-5-6-11(15)10(14)7-9/h5-7,12,16H,8H2,1-4H3. The van der Waals surface area contributed by atoms with E-state index in [0.717, 1.165) is 5.56 Å². The quantitative estimate of drug-likeness (QED) is 0.886. The predicted molar refractivity (Wildman–Crippen MR) is 79.6 cm³/mol. The number of likely N-dealkylation sites (N-methyl/N-ethyl adjacent to an activating group) is 1. The fraction of sp³-hybridized carbons (Fsp3) is 0.538. The largest absolute Gasteiger partial charge is 0.315 e. The zero-order chi connectivity index (χ0) is 14.8. The fourth-order valence-electron chi connectivity index (χ4n) is 1.86. The summed E-state index contributed by atoms with van der Waals surface area (Å²) in [6.07, 6.45) is 1.74. The van der Waals surface area contributed by atoms with Gasteiger partial charge < -0.3 is 5.32 Å². The first-order valence-corrected chi connectivity index (χ1v) is 8.59. The Hall–Kier alpha value is -0.460. The summed E-state index contributed by atoms with van der Waals surface area (Å²) >= 11 is 3.13. The number of sulfone groups is 1. The molecule has 1 aromatic rings. The molecule has 1 unspecified atom stereocenters. The van der Waals surface area contributed by atoms with Crippen LogP contribution in [0.5, 0.6) is 0 Å². The molecule has 1 rings (SSSR count). The fourth-order valence-corrected chi connectivity index (χ4v) is 3.00. The van der Waals surface area contributed by atoms with Crippen LogP contribution < -0.4 is 5.32 Å². The summed E-state index contributed by atoms with van der Waals surface area (Å²) in [5, 5.41) is 3.04. The summed E-state index contributed by atoms with van der Waals surface area (Å²) in [4.78, 5) is 0. The topological polar surface area (TPSA) is 46.2 Å². The molecule has 0 spiro atoms. The minimum absolute atomic E-state index is 0.250. The third kappa shape index (κ3) is 3.77. The average molecular weight is 352 g/mol. The van der Waals surface area contributed by atoms with Gasteiger partial charge in [0.25, 0.3) is 0 Å². The lowest BCUT2D eigenvalue weighted by molar-refractivity contribution is 0.430. The van der Waals surface area contributed by atoms with E-state index in [4.69, 9.17) is 0 Å². The molecule has 0 radical (unpaired) electrons. The van der Waals surface area contributed by atoms with E-state index in [-0.39, 0.29) is 11.9 Å².